The second-order valence-corrected chi connectivity index (χ2v) is 12.6. The molecular formula is C28H30N3O5PS. The Bertz CT molecular complexity index is 1490. The lowest BCUT2D eigenvalue weighted by molar-refractivity contribution is -0.112. The van der Waals surface area contributed by atoms with Crippen molar-refractivity contribution in [2.75, 3.05) is 17.1 Å². The van der Waals surface area contributed by atoms with Gasteiger partial charge in [0, 0.05) is 36.4 Å². The fourth-order valence-corrected chi connectivity index (χ4v) is 7.92. The molecule has 1 amide bonds. The van der Waals surface area contributed by atoms with Gasteiger partial charge >= 0.3 is 13.5 Å². The molecule has 0 fully saturated rings. The summed E-state index contributed by atoms with van der Waals surface area (Å²) in [6.07, 6.45) is 4.07. The third kappa shape index (κ3) is 5.36. The Kier molecular flexibility index (Phi) is 8.02. The molecule has 2 aromatic carbocycles. The van der Waals surface area contributed by atoms with Crippen LogP contribution >= 0.6 is 18.9 Å². The largest absolute Gasteiger partial charge is 0.477 e. The minimum atomic E-state index is -3.67. The molecule has 1 atom stereocenters. The van der Waals surface area contributed by atoms with Gasteiger partial charge in [0.2, 0.25) is 0 Å². The lowest BCUT2D eigenvalue weighted by Gasteiger charge is -2.35. The zero-order valence-electron chi connectivity index (χ0n) is 21.9. The number of aromatic carboxylic acids is 1. The van der Waals surface area contributed by atoms with Gasteiger partial charge in [0.1, 0.15) is 10.6 Å². The molecule has 38 heavy (non-hydrogen) atoms. The first-order valence-corrected chi connectivity index (χ1v) is 14.5. The highest BCUT2D eigenvalue weighted by Crippen LogP contribution is 2.56. The first-order chi connectivity index (χ1) is 18.0. The number of allylic oxidation sites excluding steroid dienone is 1. The summed E-state index contributed by atoms with van der Waals surface area (Å²) in [5.74, 6) is -1.40. The summed E-state index contributed by atoms with van der Waals surface area (Å²) >= 11 is 1.10. The van der Waals surface area contributed by atoms with Crippen LogP contribution in [0.15, 0.2) is 65.3 Å². The third-order valence-corrected chi connectivity index (χ3v) is 10.1. The highest BCUT2D eigenvalue weighted by Gasteiger charge is 2.39. The summed E-state index contributed by atoms with van der Waals surface area (Å²) in [4.78, 5) is 29.5. The zero-order chi connectivity index (χ0) is 27.6. The number of anilines is 2. The number of hydrogen-bond donors (Lipinski definition) is 2. The van der Waals surface area contributed by atoms with Crippen molar-refractivity contribution in [1.29, 1.82) is 0 Å². The Balaban J connectivity index is 1.73. The van der Waals surface area contributed by atoms with Gasteiger partial charge in [-0.15, -0.1) is 11.3 Å². The topological polar surface area (TPSA) is 108 Å². The van der Waals surface area contributed by atoms with Crippen LogP contribution in [-0.4, -0.2) is 36.3 Å². The monoisotopic (exact) mass is 551 g/mol. The molecule has 1 aliphatic heterocycles. The first kappa shape index (κ1) is 27.5. The number of amides is 1. The van der Waals surface area contributed by atoms with Crippen LogP contribution in [0.2, 0.25) is 0 Å². The molecule has 0 spiro atoms. The smallest absolute Gasteiger partial charge is 0.348 e. The van der Waals surface area contributed by atoms with Gasteiger partial charge in [-0.25, -0.2) is 4.79 Å². The van der Waals surface area contributed by atoms with Crippen LogP contribution < -0.4 is 15.3 Å². The van der Waals surface area contributed by atoms with E-state index in [2.05, 4.69) is 10.3 Å². The van der Waals surface area contributed by atoms with Gasteiger partial charge in [0.25, 0.3) is 5.91 Å². The van der Waals surface area contributed by atoms with E-state index in [-0.39, 0.29) is 16.8 Å². The van der Waals surface area contributed by atoms with Crippen LogP contribution in [0.3, 0.4) is 0 Å². The van der Waals surface area contributed by atoms with E-state index in [9.17, 15) is 19.3 Å². The average Bonchev–Trinajstić information content (AvgIpc) is 3.55. The predicted molar refractivity (Wildman–Crippen MR) is 154 cm³/mol. The summed E-state index contributed by atoms with van der Waals surface area (Å²) < 4.78 is 21.8. The number of nitrogens with zero attached hydrogens (tertiary/aromatic N) is 2. The summed E-state index contributed by atoms with van der Waals surface area (Å²) in [6, 6.07) is 14.1. The lowest BCUT2D eigenvalue weighted by atomic mass is 10.1. The normalized spacial score (nSPS) is 14.3. The van der Waals surface area contributed by atoms with Crippen molar-refractivity contribution in [3.8, 4) is 10.4 Å². The first-order valence-electron chi connectivity index (χ1n) is 12.1. The van der Waals surface area contributed by atoms with E-state index in [1.165, 1.54) is 7.11 Å². The molecule has 2 heterocycles. The predicted octanol–water partition coefficient (Wildman–Crippen LogP) is 6.41. The second kappa shape index (κ2) is 11.1. The molecule has 1 aliphatic rings. The van der Waals surface area contributed by atoms with Gasteiger partial charge in [0.15, 0.2) is 0 Å². The number of thiophene rings is 1. The number of carboxylic acid groups (broad SMARTS) is 1. The van der Waals surface area contributed by atoms with Crippen molar-refractivity contribution < 1.29 is 23.8 Å². The highest BCUT2D eigenvalue weighted by atomic mass is 32.1. The van der Waals surface area contributed by atoms with Crippen molar-refractivity contribution in [3.63, 3.8) is 0 Å². The van der Waals surface area contributed by atoms with E-state index in [4.69, 9.17) is 4.52 Å². The number of aryl methyl sites for hydroxylation is 2. The minimum Gasteiger partial charge on any atom is -0.477 e. The molecule has 0 radical (unpaired) electrons. The summed E-state index contributed by atoms with van der Waals surface area (Å²) in [7, 11) is -2.27. The number of nitrogens with one attached hydrogen (secondary N) is 1. The molecular weight excluding hydrogens is 521 g/mol. The second-order valence-electron chi connectivity index (χ2n) is 9.23. The summed E-state index contributed by atoms with van der Waals surface area (Å²) in [5, 5.41) is 13.4. The highest BCUT2D eigenvalue weighted by molar-refractivity contribution is 7.68. The maximum atomic E-state index is 14.5. The Morgan fingerprint density at radius 1 is 1.13 bits per heavy atom. The van der Waals surface area contributed by atoms with Crippen LogP contribution in [0.5, 0.6) is 0 Å². The zero-order valence-corrected chi connectivity index (χ0v) is 23.6. The molecule has 0 saturated carbocycles. The van der Waals surface area contributed by atoms with Gasteiger partial charge in [-0.3, -0.25) is 19.0 Å². The van der Waals surface area contributed by atoms with Gasteiger partial charge in [-0.1, -0.05) is 29.8 Å². The maximum absolute atomic E-state index is 14.5. The number of carboxylic acids is 1. The molecule has 10 heteroatoms. The standard InChI is InChI=1S/C28H30N3O5PS/c1-17(2)31(37(35,36-5)24-13-8-18(3)15-19(24)4)23-16-25(38-26(23)28(33)34)20-9-11-21(12-10-20)30-27(32)22-7-6-14-29-22/h7-17H,6H2,1-5H3,(H,30,32)(H,33,34). The number of carbonyl (C=O) groups excluding carboxylic acids is 1. The van der Waals surface area contributed by atoms with Gasteiger partial charge in [-0.2, -0.15) is 0 Å². The molecule has 0 saturated heterocycles. The minimum absolute atomic E-state index is 0.0687. The molecule has 8 nitrogen and oxygen atoms in total. The number of hydrogen-bond acceptors (Lipinski definition) is 6. The molecule has 3 aromatic rings. The Hall–Kier alpha value is -3.52. The van der Waals surface area contributed by atoms with Gasteiger partial charge in [-0.05, 0) is 69.2 Å². The molecule has 4 rings (SSSR count). The van der Waals surface area contributed by atoms with Crippen LogP contribution in [0.4, 0.5) is 11.4 Å². The van der Waals surface area contributed by atoms with E-state index in [1.54, 1.807) is 41.2 Å². The van der Waals surface area contributed by atoms with Crippen LogP contribution in [-0.2, 0) is 13.9 Å². The number of rotatable bonds is 9. The fourth-order valence-electron chi connectivity index (χ4n) is 4.43. The van der Waals surface area contributed by atoms with Crippen molar-refractivity contribution in [2.24, 2.45) is 4.99 Å². The number of benzene rings is 2. The fraction of sp³-hybridized carbons (Fsp3) is 0.250. The van der Waals surface area contributed by atoms with Crippen molar-refractivity contribution in [3.05, 3.63) is 76.3 Å². The number of carbonyl (C=O) groups is 2. The lowest BCUT2D eigenvalue weighted by Crippen LogP contribution is -2.34. The van der Waals surface area contributed by atoms with Crippen LogP contribution in [0.1, 0.15) is 41.1 Å². The van der Waals surface area contributed by atoms with E-state index in [1.807, 2.05) is 52.0 Å². The quantitative estimate of drug-likeness (QED) is 0.298. The third-order valence-electron chi connectivity index (χ3n) is 6.14. The van der Waals surface area contributed by atoms with E-state index in [0.717, 1.165) is 28.0 Å². The molecule has 1 unspecified atom stereocenters. The molecule has 0 aliphatic carbocycles. The Morgan fingerprint density at radius 2 is 1.84 bits per heavy atom. The SMILES string of the molecule is COP(=O)(c1ccc(C)cc1C)N(c1cc(-c2ccc(NC(=O)C3=CCC=N3)cc2)sc1C(=O)O)C(C)C. The van der Waals surface area contributed by atoms with Crippen molar-refractivity contribution in [2.45, 2.75) is 40.2 Å². The van der Waals surface area contributed by atoms with E-state index in [0.29, 0.717) is 33.7 Å². The Morgan fingerprint density at radius 3 is 2.39 bits per heavy atom. The molecule has 198 valence electrons. The van der Waals surface area contributed by atoms with Crippen LogP contribution in [0.25, 0.3) is 10.4 Å². The summed E-state index contributed by atoms with van der Waals surface area (Å²) in [5.41, 5.74) is 3.91. The molecule has 2 N–H and O–H groups in total. The van der Waals surface area contributed by atoms with Gasteiger partial charge in [0.05, 0.1) is 11.0 Å². The molecule has 0 bridgehead atoms. The average molecular weight is 552 g/mol. The van der Waals surface area contributed by atoms with E-state index >= 15 is 0 Å². The van der Waals surface area contributed by atoms with Crippen molar-refractivity contribution >= 4 is 53.6 Å². The molecule has 1 aromatic heterocycles. The summed E-state index contributed by atoms with van der Waals surface area (Å²) in [6.45, 7) is 7.55. The maximum Gasteiger partial charge on any atom is 0.348 e. The van der Waals surface area contributed by atoms with E-state index < -0.39 is 13.5 Å². The van der Waals surface area contributed by atoms with Crippen LogP contribution in [0, 0.1) is 13.8 Å². The Labute approximate surface area is 226 Å². The number of aliphatic imine (C=N–C) groups is 1. The van der Waals surface area contributed by atoms with Crippen molar-refractivity contribution in [1.82, 2.24) is 0 Å². The van der Waals surface area contributed by atoms with Gasteiger partial charge < -0.3 is 14.9 Å².